The van der Waals surface area contributed by atoms with Crippen molar-refractivity contribution in [1.29, 1.82) is 0 Å². The number of hydrogen-bond acceptors (Lipinski definition) is 5. The Hall–Kier alpha value is -3.86. The van der Waals surface area contributed by atoms with Crippen LogP contribution in [0.2, 0.25) is 0 Å². The van der Waals surface area contributed by atoms with Crippen LogP contribution in [0, 0.1) is 0 Å². The van der Waals surface area contributed by atoms with Crippen molar-refractivity contribution in [2.24, 2.45) is 10.1 Å². The monoisotopic (exact) mass is 353 g/mol. The van der Waals surface area contributed by atoms with Crippen molar-refractivity contribution in [3.05, 3.63) is 108 Å². The van der Waals surface area contributed by atoms with Crippen LogP contribution >= 0.6 is 0 Å². The summed E-state index contributed by atoms with van der Waals surface area (Å²) >= 11 is 0. The Morgan fingerprint density at radius 3 is 1.96 bits per heavy atom. The maximum atomic E-state index is 4.74. The Morgan fingerprint density at radius 2 is 1.30 bits per heavy atom. The van der Waals surface area contributed by atoms with Crippen LogP contribution in [0.4, 0.5) is 0 Å². The lowest BCUT2D eigenvalue weighted by molar-refractivity contribution is 0.779. The zero-order valence-electron chi connectivity index (χ0n) is 14.6. The number of benzene rings is 3. The van der Waals surface area contributed by atoms with Crippen LogP contribution in [0.15, 0.2) is 101 Å². The van der Waals surface area contributed by atoms with Crippen molar-refractivity contribution in [3.8, 4) is 0 Å². The molecule has 27 heavy (non-hydrogen) atoms. The normalized spacial score (nSPS) is 13.7. The molecule has 5 heteroatoms. The van der Waals surface area contributed by atoms with E-state index in [1.807, 2.05) is 78.9 Å². The van der Waals surface area contributed by atoms with E-state index in [2.05, 4.69) is 33.5 Å². The summed E-state index contributed by atoms with van der Waals surface area (Å²) in [6, 6.07) is 30.1. The van der Waals surface area contributed by atoms with Crippen molar-refractivity contribution in [1.82, 2.24) is 16.3 Å². The van der Waals surface area contributed by atoms with Crippen molar-refractivity contribution < 1.29 is 0 Å². The fourth-order valence-corrected chi connectivity index (χ4v) is 2.76. The van der Waals surface area contributed by atoms with E-state index in [4.69, 9.17) is 4.99 Å². The molecular formula is C22H19N5. The molecule has 1 heterocycles. The van der Waals surface area contributed by atoms with E-state index in [9.17, 15) is 0 Å². The number of nitrogens with one attached hydrogen (secondary N) is 3. The lowest BCUT2D eigenvalue weighted by Crippen LogP contribution is -2.45. The van der Waals surface area contributed by atoms with Gasteiger partial charge in [0.25, 0.3) is 0 Å². The topological polar surface area (TPSA) is 60.8 Å². The van der Waals surface area contributed by atoms with Crippen molar-refractivity contribution in [2.45, 2.75) is 0 Å². The van der Waals surface area contributed by atoms with Crippen molar-refractivity contribution in [3.63, 3.8) is 0 Å². The predicted octanol–water partition coefficient (Wildman–Crippen LogP) is 3.60. The van der Waals surface area contributed by atoms with E-state index in [0.29, 0.717) is 5.96 Å². The highest BCUT2D eigenvalue weighted by molar-refractivity contribution is 5.98. The Labute approximate surface area is 158 Å². The molecule has 1 aliphatic rings. The molecule has 0 radical (unpaired) electrons. The maximum Gasteiger partial charge on any atom is 0.236 e. The number of hydrogen-bond donors (Lipinski definition) is 3. The van der Waals surface area contributed by atoms with Crippen molar-refractivity contribution in [2.75, 3.05) is 0 Å². The fourth-order valence-electron chi connectivity index (χ4n) is 2.76. The van der Waals surface area contributed by atoms with Gasteiger partial charge in [-0.05, 0) is 5.56 Å². The standard InChI is InChI=1S/C22H19N5/c1-4-10-17(11-5-1)16-23-26-22-24-20(18-12-6-2-7-13-18)21(25-27-22)19-14-8-3-9-15-19/h1-16,25H,(H2,24,26,27). The lowest BCUT2D eigenvalue weighted by Gasteiger charge is -2.22. The number of rotatable bonds is 4. The van der Waals surface area contributed by atoms with E-state index in [1.54, 1.807) is 6.21 Å². The van der Waals surface area contributed by atoms with Crippen LogP contribution in [-0.4, -0.2) is 12.2 Å². The van der Waals surface area contributed by atoms with E-state index >= 15 is 0 Å². The Morgan fingerprint density at radius 1 is 0.704 bits per heavy atom. The smallest absolute Gasteiger partial charge is 0.236 e. The molecule has 1 aliphatic heterocycles. The Bertz CT molecular complexity index is 977. The molecule has 0 saturated carbocycles. The van der Waals surface area contributed by atoms with Gasteiger partial charge in [-0.2, -0.15) is 5.10 Å². The second-order valence-electron chi connectivity index (χ2n) is 5.95. The third-order valence-corrected chi connectivity index (χ3v) is 4.06. The van der Waals surface area contributed by atoms with E-state index in [0.717, 1.165) is 28.1 Å². The van der Waals surface area contributed by atoms with Crippen LogP contribution in [0.5, 0.6) is 0 Å². The number of hydrazine groups is 1. The molecule has 132 valence electrons. The van der Waals surface area contributed by atoms with Gasteiger partial charge in [0.15, 0.2) is 0 Å². The predicted molar refractivity (Wildman–Crippen MR) is 111 cm³/mol. The second-order valence-corrected chi connectivity index (χ2v) is 5.95. The highest BCUT2D eigenvalue weighted by atomic mass is 15.5. The zero-order chi connectivity index (χ0) is 18.3. The summed E-state index contributed by atoms with van der Waals surface area (Å²) in [4.78, 5) is 4.74. The number of aliphatic imine (C=N–C) groups is 1. The Kier molecular flexibility index (Phi) is 4.93. The first-order valence-electron chi connectivity index (χ1n) is 8.70. The summed E-state index contributed by atoms with van der Waals surface area (Å²) in [5, 5.41) is 4.26. The van der Waals surface area contributed by atoms with Gasteiger partial charge in [0.1, 0.15) is 0 Å². The third kappa shape index (κ3) is 4.04. The lowest BCUT2D eigenvalue weighted by atomic mass is 10.1. The summed E-state index contributed by atoms with van der Waals surface area (Å²) in [6.45, 7) is 0. The summed E-state index contributed by atoms with van der Waals surface area (Å²) in [5.74, 6) is 0.528. The molecule has 3 aromatic carbocycles. The molecule has 4 rings (SSSR count). The van der Waals surface area contributed by atoms with Gasteiger partial charge < -0.3 is 0 Å². The third-order valence-electron chi connectivity index (χ3n) is 4.06. The van der Waals surface area contributed by atoms with Gasteiger partial charge in [-0.25, -0.2) is 10.4 Å². The minimum Gasteiger partial charge on any atom is -0.296 e. The summed E-state index contributed by atoms with van der Waals surface area (Å²) in [6.07, 6.45) is 1.75. The maximum absolute atomic E-state index is 4.74. The first-order valence-corrected chi connectivity index (χ1v) is 8.70. The molecular weight excluding hydrogens is 334 g/mol. The van der Waals surface area contributed by atoms with Crippen molar-refractivity contribution >= 4 is 23.6 Å². The molecule has 0 amide bonds. The molecule has 0 atom stereocenters. The molecule has 0 bridgehead atoms. The van der Waals surface area contributed by atoms with Crippen LogP contribution < -0.4 is 16.3 Å². The SMILES string of the molecule is C(=NNC1=NC(c2ccccc2)=C(c2ccccc2)NN1)c1ccccc1. The second kappa shape index (κ2) is 8.01. The minimum absolute atomic E-state index is 0.528. The molecule has 3 N–H and O–H groups in total. The largest absolute Gasteiger partial charge is 0.296 e. The fraction of sp³-hybridized carbons (Fsp3) is 0. The minimum atomic E-state index is 0.528. The Balaban J connectivity index is 1.64. The van der Waals surface area contributed by atoms with Gasteiger partial charge in [0.2, 0.25) is 5.96 Å². The molecule has 0 saturated heterocycles. The van der Waals surface area contributed by atoms with Gasteiger partial charge in [-0.3, -0.25) is 10.9 Å². The van der Waals surface area contributed by atoms with Gasteiger partial charge >= 0.3 is 0 Å². The van der Waals surface area contributed by atoms with Crippen LogP contribution in [0.1, 0.15) is 16.7 Å². The molecule has 0 fully saturated rings. The molecule has 0 aromatic heterocycles. The first-order chi connectivity index (χ1) is 13.4. The van der Waals surface area contributed by atoms with Gasteiger partial charge in [-0.1, -0.05) is 91.0 Å². The first kappa shape index (κ1) is 16.6. The highest BCUT2D eigenvalue weighted by Crippen LogP contribution is 2.26. The highest BCUT2D eigenvalue weighted by Gasteiger charge is 2.17. The molecule has 5 nitrogen and oxygen atoms in total. The quantitative estimate of drug-likeness (QED) is 0.496. The van der Waals surface area contributed by atoms with E-state index in [1.165, 1.54) is 0 Å². The molecule has 0 spiro atoms. The summed E-state index contributed by atoms with van der Waals surface area (Å²) < 4.78 is 0. The van der Waals surface area contributed by atoms with Gasteiger partial charge in [0, 0.05) is 11.1 Å². The number of nitrogens with zero attached hydrogens (tertiary/aromatic N) is 2. The van der Waals surface area contributed by atoms with Gasteiger partial charge in [-0.15, -0.1) is 0 Å². The average molecular weight is 353 g/mol. The summed E-state index contributed by atoms with van der Waals surface area (Å²) in [5.41, 5.74) is 14.1. The van der Waals surface area contributed by atoms with Crippen LogP contribution in [0.25, 0.3) is 11.4 Å². The number of hydrazone groups is 1. The summed E-state index contributed by atoms with van der Waals surface area (Å²) in [7, 11) is 0. The van der Waals surface area contributed by atoms with Crippen LogP contribution in [-0.2, 0) is 0 Å². The van der Waals surface area contributed by atoms with E-state index < -0.39 is 0 Å². The molecule has 0 unspecified atom stereocenters. The molecule has 3 aromatic rings. The van der Waals surface area contributed by atoms with E-state index in [-0.39, 0.29) is 0 Å². The van der Waals surface area contributed by atoms with Crippen LogP contribution in [0.3, 0.4) is 0 Å². The zero-order valence-corrected chi connectivity index (χ0v) is 14.6. The number of guanidine groups is 1. The molecule has 0 aliphatic carbocycles. The average Bonchev–Trinajstić information content (AvgIpc) is 2.76. The van der Waals surface area contributed by atoms with Gasteiger partial charge in [0.05, 0.1) is 17.6 Å².